The van der Waals surface area contributed by atoms with Crippen molar-refractivity contribution in [2.24, 2.45) is 7.05 Å². The van der Waals surface area contributed by atoms with E-state index in [1.165, 1.54) is 0 Å². The first kappa shape index (κ1) is 11.1. The van der Waals surface area contributed by atoms with E-state index in [2.05, 4.69) is 10.4 Å². The zero-order chi connectivity index (χ0) is 11.5. The number of aryl methyl sites for hydroxylation is 1. The fourth-order valence-corrected chi connectivity index (χ4v) is 2.06. The Hall–Kier alpha value is -1.36. The molecule has 5 heteroatoms. The van der Waals surface area contributed by atoms with Gasteiger partial charge in [-0.15, -0.1) is 0 Å². The van der Waals surface area contributed by atoms with Crippen LogP contribution in [0.4, 0.5) is 0 Å². The third-order valence-corrected chi connectivity index (χ3v) is 2.99. The second kappa shape index (κ2) is 4.65. The van der Waals surface area contributed by atoms with Gasteiger partial charge in [-0.3, -0.25) is 9.48 Å². The molecule has 2 N–H and O–H groups in total. The van der Waals surface area contributed by atoms with E-state index in [4.69, 9.17) is 0 Å². The molecule has 0 unspecified atom stereocenters. The Morgan fingerprint density at radius 1 is 1.56 bits per heavy atom. The molecule has 1 amide bonds. The number of carbonyl (C=O) groups excluding carboxylic acids is 1. The molecule has 1 aromatic heterocycles. The Labute approximate surface area is 94.5 Å². The van der Waals surface area contributed by atoms with E-state index >= 15 is 0 Å². The SMILES string of the molecule is Cn1ccc(C(=O)N[C@H]2CCCC[C@@H]2O)n1. The van der Waals surface area contributed by atoms with Crippen molar-refractivity contribution in [2.75, 3.05) is 0 Å². The maximum atomic E-state index is 11.8. The summed E-state index contributed by atoms with van der Waals surface area (Å²) < 4.78 is 1.59. The molecular weight excluding hydrogens is 206 g/mol. The van der Waals surface area contributed by atoms with Crippen molar-refractivity contribution in [3.63, 3.8) is 0 Å². The molecule has 1 aliphatic rings. The van der Waals surface area contributed by atoms with Crippen molar-refractivity contribution in [3.05, 3.63) is 18.0 Å². The van der Waals surface area contributed by atoms with Crippen LogP contribution in [0.3, 0.4) is 0 Å². The lowest BCUT2D eigenvalue weighted by Gasteiger charge is -2.27. The number of hydrogen-bond donors (Lipinski definition) is 2. The number of aliphatic hydroxyl groups is 1. The smallest absolute Gasteiger partial charge is 0.272 e. The van der Waals surface area contributed by atoms with Crippen LogP contribution in [0.15, 0.2) is 12.3 Å². The number of aromatic nitrogens is 2. The number of nitrogens with one attached hydrogen (secondary N) is 1. The molecule has 5 nitrogen and oxygen atoms in total. The van der Waals surface area contributed by atoms with Gasteiger partial charge in [-0.25, -0.2) is 0 Å². The largest absolute Gasteiger partial charge is 0.391 e. The highest BCUT2D eigenvalue weighted by Gasteiger charge is 2.25. The number of nitrogens with zero attached hydrogens (tertiary/aromatic N) is 2. The standard InChI is InChI=1S/C11H17N3O2/c1-14-7-6-9(13-14)11(16)12-8-4-2-3-5-10(8)15/h6-8,10,15H,2-5H2,1H3,(H,12,16)/t8-,10-/m0/s1. The normalized spacial score (nSPS) is 25.4. The van der Waals surface area contributed by atoms with Gasteiger partial charge in [-0.1, -0.05) is 12.8 Å². The Kier molecular flexibility index (Phi) is 3.24. The summed E-state index contributed by atoms with van der Waals surface area (Å²) in [7, 11) is 1.77. The topological polar surface area (TPSA) is 67.2 Å². The molecule has 0 bridgehead atoms. The van der Waals surface area contributed by atoms with Gasteiger partial charge >= 0.3 is 0 Å². The fraction of sp³-hybridized carbons (Fsp3) is 0.636. The highest BCUT2D eigenvalue weighted by atomic mass is 16.3. The fourth-order valence-electron chi connectivity index (χ4n) is 2.06. The number of hydrogen-bond acceptors (Lipinski definition) is 3. The molecule has 0 aromatic carbocycles. The molecule has 1 aromatic rings. The summed E-state index contributed by atoms with van der Waals surface area (Å²) in [6.45, 7) is 0. The Morgan fingerprint density at radius 3 is 2.94 bits per heavy atom. The molecule has 16 heavy (non-hydrogen) atoms. The molecule has 88 valence electrons. The summed E-state index contributed by atoms with van der Waals surface area (Å²) >= 11 is 0. The molecule has 0 spiro atoms. The zero-order valence-corrected chi connectivity index (χ0v) is 9.39. The van der Waals surface area contributed by atoms with Gasteiger partial charge in [-0.2, -0.15) is 5.10 Å². The first-order valence-corrected chi connectivity index (χ1v) is 5.65. The lowest BCUT2D eigenvalue weighted by molar-refractivity contribution is 0.0713. The van der Waals surface area contributed by atoms with E-state index < -0.39 is 6.10 Å². The summed E-state index contributed by atoms with van der Waals surface area (Å²) in [6, 6.07) is 1.55. The molecule has 2 rings (SSSR count). The molecule has 0 aliphatic heterocycles. The van der Waals surface area contributed by atoms with E-state index in [9.17, 15) is 9.90 Å². The second-order valence-electron chi connectivity index (χ2n) is 4.31. The van der Waals surface area contributed by atoms with Crippen LogP contribution in [-0.4, -0.2) is 32.9 Å². The molecule has 1 heterocycles. The molecule has 0 saturated heterocycles. The van der Waals surface area contributed by atoms with E-state index in [0.717, 1.165) is 25.7 Å². The van der Waals surface area contributed by atoms with Gasteiger partial charge in [0.05, 0.1) is 12.1 Å². The predicted octanol–water partition coefficient (Wildman–Crippen LogP) is 0.453. The minimum Gasteiger partial charge on any atom is -0.391 e. The molecule has 1 saturated carbocycles. The monoisotopic (exact) mass is 223 g/mol. The van der Waals surface area contributed by atoms with E-state index in [1.807, 2.05) is 0 Å². The maximum absolute atomic E-state index is 11.8. The van der Waals surface area contributed by atoms with Crippen molar-refractivity contribution in [1.29, 1.82) is 0 Å². The van der Waals surface area contributed by atoms with Gasteiger partial charge < -0.3 is 10.4 Å². The van der Waals surface area contributed by atoms with Crippen LogP contribution < -0.4 is 5.32 Å². The molecule has 1 aliphatic carbocycles. The quantitative estimate of drug-likeness (QED) is 0.765. The Bertz CT molecular complexity index is 375. The predicted molar refractivity (Wildman–Crippen MR) is 58.9 cm³/mol. The first-order chi connectivity index (χ1) is 7.66. The minimum atomic E-state index is -0.415. The lowest BCUT2D eigenvalue weighted by atomic mass is 9.92. The summed E-state index contributed by atoms with van der Waals surface area (Å²) in [6.07, 6.45) is 5.03. The van der Waals surface area contributed by atoms with Crippen molar-refractivity contribution >= 4 is 5.91 Å². The van der Waals surface area contributed by atoms with E-state index in [0.29, 0.717) is 5.69 Å². The molecular formula is C11H17N3O2. The zero-order valence-electron chi connectivity index (χ0n) is 9.39. The number of amides is 1. The average Bonchev–Trinajstić information content (AvgIpc) is 2.68. The summed E-state index contributed by atoms with van der Waals surface area (Å²) in [5, 5.41) is 16.6. The van der Waals surface area contributed by atoms with Crippen molar-refractivity contribution in [1.82, 2.24) is 15.1 Å². The van der Waals surface area contributed by atoms with Crippen molar-refractivity contribution < 1.29 is 9.90 Å². The van der Waals surface area contributed by atoms with Gasteiger partial charge in [0, 0.05) is 13.2 Å². The third-order valence-electron chi connectivity index (χ3n) is 2.99. The average molecular weight is 223 g/mol. The number of rotatable bonds is 2. The van der Waals surface area contributed by atoms with Gasteiger partial charge in [0.15, 0.2) is 0 Å². The molecule has 2 atom stereocenters. The van der Waals surface area contributed by atoms with Crippen LogP contribution in [0.2, 0.25) is 0 Å². The van der Waals surface area contributed by atoms with Gasteiger partial charge in [-0.05, 0) is 18.9 Å². The first-order valence-electron chi connectivity index (χ1n) is 5.65. The van der Waals surface area contributed by atoms with E-state index in [-0.39, 0.29) is 11.9 Å². The lowest BCUT2D eigenvalue weighted by Crippen LogP contribution is -2.45. The van der Waals surface area contributed by atoms with Crippen LogP contribution in [-0.2, 0) is 7.05 Å². The van der Waals surface area contributed by atoms with Crippen molar-refractivity contribution in [2.45, 2.75) is 37.8 Å². The van der Waals surface area contributed by atoms with Crippen LogP contribution in [0.25, 0.3) is 0 Å². The van der Waals surface area contributed by atoms with Crippen LogP contribution >= 0.6 is 0 Å². The van der Waals surface area contributed by atoms with Crippen molar-refractivity contribution in [3.8, 4) is 0 Å². The number of aliphatic hydroxyl groups excluding tert-OH is 1. The summed E-state index contributed by atoms with van der Waals surface area (Å²) in [5.74, 6) is -0.202. The minimum absolute atomic E-state index is 0.122. The summed E-state index contributed by atoms with van der Waals surface area (Å²) in [5.41, 5.74) is 0.403. The summed E-state index contributed by atoms with van der Waals surface area (Å²) in [4.78, 5) is 11.8. The molecule has 0 radical (unpaired) electrons. The highest BCUT2D eigenvalue weighted by Crippen LogP contribution is 2.18. The number of carbonyl (C=O) groups is 1. The maximum Gasteiger partial charge on any atom is 0.272 e. The van der Waals surface area contributed by atoms with E-state index in [1.54, 1.807) is 24.0 Å². The third kappa shape index (κ3) is 2.41. The highest BCUT2D eigenvalue weighted by molar-refractivity contribution is 5.92. The molecule has 1 fully saturated rings. The van der Waals surface area contributed by atoms with Crippen LogP contribution in [0.1, 0.15) is 36.2 Å². The van der Waals surface area contributed by atoms with Crippen LogP contribution in [0, 0.1) is 0 Å². The van der Waals surface area contributed by atoms with Gasteiger partial charge in [0.1, 0.15) is 5.69 Å². The second-order valence-corrected chi connectivity index (χ2v) is 4.31. The van der Waals surface area contributed by atoms with Crippen LogP contribution in [0.5, 0.6) is 0 Å². The Morgan fingerprint density at radius 2 is 2.31 bits per heavy atom. The van der Waals surface area contributed by atoms with Gasteiger partial charge in [0.2, 0.25) is 0 Å². The Balaban J connectivity index is 1.96. The van der Waals surface area contributed by atoms with Gasteiger partial charge in [0.25, 0.3) is 5.91 Å².